The third kappa shape index (κ3) is 6.22. The van der Waals surface area contributed by atoms with Gasteiger partial charge in [0.1, 0.15) is 0 Å². The number of nitrogens with zero attached hydrogens (tertiary/aromatic N) is 2. The topological polar surface area (TPSA) is 53.6 Å². The third-order valence-corrected chi connectivity index (χ3v) is 4.35. The number of aryl methyl sites for hydroxylation is 1. The Bertz CT molecular complexity index is 510. The summed E-state index contributed by atoms with van der Waals surface area (Å²) in [4.78, 5) is 7.14. The number of likely N-dealkylation sites (tertiary alicyclic amines) is 1. The molecule has 1 aliphatic rings. The predicted molar refractivity (Wildman–Crippen MR) is 99.9 cm³/mol. The summed E-state index contributed by atoms with van der Waals surface area (Å²) in [5, 5.41) is 3.21. The second-order valence-corrected chi connectivity index (χ2v) is 7.07. The van der Waals surface area contributed by atoms with Crippen LogP contribution in [-0.2, 0) is 6.42 Å². The maximum absolute atomic E-state index is 6.06. The summed E-state index contributed by atoms with van der Waals surface area (Å²) < 4.78 is 0. The second-order valence-electron chi connectivity index (χ2n) is 7.07. The Morgan fingerprint density at radius 3 is 3.00 bits per heavy atom. The van der Waals surface area contributed by atoms with E-state index in [4.69, 9.17) is 5.73 Å². The molecule has 3 N–H and O–H groups in total. The van der Waals surface area contributed by atoms with Crippen LogP contribution in [0.5, 0.6) is 0 Å². The summed E-state index contributed by atoms with van der Waals surface area (Å²) in [6, 6.07) is 8.35. The van der Waals surface area contributed by atoms with Crippen molar-refractivity contribution in [3.8, 4) is 0 Å². The van der Waals surface area contributed by atoms with Gasteiger partial charge in [-0.05, 0) is 55.3 Å². The molecule has 1 atom stereocenters. The highest BCUT2D eigenvalue weighted by atomic mass is 15.1. The lowest BCUT2D eigenvalue weighted by Gasteiger charge is -2.33. The van der Waals surface area contributed by atoms with Gasteiger partial charge in [-0.3, -0.25) is 4.99 Å². The Balaban J connectivity index is 1.83. The van der Waals surface area contributed by atoms with Gasteiger partial charge in [0.25, 0.3) is 0 Å². The van der Waals surface area contributed by atoms with Gasteiger partial charge in [0.15, 0.2) is 5.96 Å². The number of nitrogens with one attached hydrogen (secondary N) is 1. The molecule has 1 fully saturated rings. The number of anilines is 1. The monoisotopic (exact) mass is 316 g/mol. The van der Waals surface area contributed by atoms with Gasteiger partial charge in [-0.25, -0.2) is 0 Å². The summed E-state index contributed by atoms with van der Waals surface area (Å²) in [6.07, 6.45) is 3.57. The van der Waals surface area contributed by atoms with Gasteiger partial charge in [0, 0.05) is 25.3 Å². The van der Waals surface area contributed by atoms with Crippen LogP contribution in [0.3, 0.4) is 0 Å². The first-order valence-corrected chi connectivity index (χ1v) is 8.95. The minimum Gasteiger partial charge on any atom is -0.370 e. The summed E-state index contributed by atoms with van der Waals surface area (Å²) in [5.41, 5.74) is 8.38. The van der Waals surface area contributed by atoms with E-state index in [2.05, 4.69) is 54.2 Å². The Morgan fingerprint density at radius 1 is 1.43 bits per heavy atom. The van der Waals surface area contributed by atoms with Crippen LogP contribution in [0, 0.1) is 11.8 Å². The Kier molecular flexibility index (Phi) is 6.90. The molecule has 0 amide bonds. The summed E-state index contributed by atoms with van der Waals surface area (Å²) >= 11 is 0. The highest BCUT2D eigenvalue weighted by Gasteiger charge is 2.20. The van der Waals surface area contributed by atoms with Gasteiger partial charge in [0.05, 0.1) is 0 Å². The summed E-state index contributed by atoms with van der Waals surface area (Å²) in [6.45, 7) is 11.1. The van der Waals surface area contributed by atoms with Crippen LogP contribution in [0.4, 0.5) is 5.69 Å². The summed E-state index contributed by atoms with van der Waals surface area (Å²) in [7, 11) is 0. The fraction of sp³-hybridized carbons (Fsp3) is 0.632. The van der Waals surface area contributed by atoms with Crippen LogP contribution in [0.25, 0.3) is 0 Å². The minimum absolute atomic E-state index is 0.527. The van der Waals surface area contributed by atoms with Crippen molar-refractivity contribution < 1.29 is 0 Å². The van der Waals surface area contributed by atoms with Crippen LogP contribution in [0.2, 0.25) is 0 Å². The number of rotatable bonds is 6. The number of piperidine rings is 1. The average molecular weight is 316 g/mol. The van der Waals surface area contributed by atoms with Crippen molar-refractivity contribution in [1.82, 2.24) is 4.90 Å². The van der Waals surface area contributed by atoms with Gasteiger partial charge < -0.3 is 16.0 Å². The largest absolute Gasteiger partial charge is 0.370 e. The van der Waals surface area contributed by atoms with Gasteiger partial charge in [0.2, 0.25) is 0 Å². The lowest BCUT2D eigenvalue weighted by atomic mass is 9.97. The predicted octanol–water partition coefficient (Wildman–Crippen LogP) is 3.34. The standard InChI is InChI=1S/C19H32N4/c1-4-16-7-5-9-18(11-16)22-19(20)21-12-17-8-6-10-23(14-17)13-15(2)3/h5,7,9,11,15,17H,4,6,8,10,12-14H2,1-3H3,(H3,20,21,22). The quantitative estimate of drug-likeness (QED) is 0.625. The third-order valence-electron chi connectivity index (χ3n) is 4.35. The molecule has 0 saturated carbocycles. The smallest absolute Gasteiger partial charge is 0.193 e. The molecule has 1 saturated heterocycles. The first kappa shape index (κ1) is 17.8. The highest BCUT2D eigenvalue weighted by molar-refractivity contribution is 5.92. The molecule has 2 rings (SSSR count). The molecule has 1 unspecified atom stereocenters. The molecule has 23 heavy (non-hydrogen) atoms. The van der Waals surface area contributed by atoms with Crippen molar-refractivity contribution >= 4 is 11.6 Å². The van der Waals surface area contributed by atoms with E-state index in [-0.39, 0.29) is 0 Å². The first-order valence-electron chi connectivity index (χ1n) is 8.95. The Morgan fingerprint density at radius 2 is 2.26 bits per heavy atom. The van der Waals surface area contributed by atoms with E-state index < -0.39 is 0 Å². The highest BCUT2D eigenvalue weighted by Crippen LogP contribution is 2.18. The van der Waals surface area contributed by atoms with E-state index in [1.165, 1.54) is 31.5 Å². The number of benzene rings is 1. The van der Waals surface area contributed by atoms with Crippen molar-refractivity contribution in [2.24, 2.45) is 22.6 Å². The number of hydrogen-bond acceptors (Lipinski definition) is 2. The lowest BCUT2D eigenvalue weighted by molar-refractivity contribution is 0.162. The fourth-order valence-corrected chi connectivity index (χ4v) is 3.27. The van der Waals surface area contributed by atoms with Crippen molar-refractivity contribution in [3.63, 3.8) is 0 Å². The Hall–Kier alpha value is -1.55. The van der Waals surface area contributed by atoms with Crippen LogP contribution in [0.15, 0.2) is 29.3 Å². The van der Waals surface area contributed by atoms with Crippen molar-refractivity contribution in [1.29, 1.82) is 0 Å². The van der Waals surface area contributed by atoms with Crippen molar-refractivity contribution in [3.05, 3.63) is 29.8 Å². The molecule has 1 aromatic carbocycles. The maximum Gasteiger partial charge on any atom is 0.193 e. The number of nitrogens with two attached hydrogens (primary N) is 1. The van der Waals surface area contributed by atoms with E-state index in [9.17, 15) is 0 Å². The molecule has 128 valence electrons. The molecule has 0 bridgehead atoms. The lowest BCUT2D eigenvalue weighted by Crippen LogP contribution is -2.39. The van der Waals surface area contributed by atoms with Gasteiger partial charge in [-0.2, -0.15) is 0 Å². The van der Waals surface area contributed by atoms with Crippen LogP contribution < -0.4 is 11.1 Å². The molecule has 1 aliphatic heterocycles. The summed E-state index contributed by atoms with van der Waals surface area (Å²) in [5.74, 6) is 1.89. The van der Waals surface area contributed by atoms with E-state index >= 15 is 0 Å². The van der Waals surface area contributed by atoms with Crippen molar-refractivity contribution in [2.75, 3.05) is 31.5 Å². The van der Waals surface area contributed by atoms with Gasteiger partial charge in [-0.1, -0.05) is 32.9 Å². The molecule has 0 aromatic heterocycles. The van der Waals surface area contributed by atoms with Crippen LogP contribution in [0.1, 0.15) is 39.2 Å². The first-order chi connectivity index (χ1) is 11.1. The fourth-order valence-electron chi connectivity index (χ4n) is 3.27. The normalized spacial score (nSPS) is 20.0. The molecular formula is C19H32N4. The zero-order chi connectivity index (χ0) is 16.7. The molecule has 0 spiro atoms. The average Bonchev–Trinajstić information content (AvgIpc) is 2.53. The number of aliphatic imine (C=N–C) groups is 1. The van der Waals surface area contributed by atoms with Crippen LogP contribution >= 0.6 is 0 Å². The molecule has 4 heteroatoms. The zero-order valence-electron chi connectivity index (χ0n) is 14.9. The van der Waals surface area contributed by atoms with Gasteiger partial charge in [-0.15, -0.1) is 0 Å². The SMILES string of the molecule is CCc1cccc(NC(N)=NCC2CCCN(CC(C)C)C2)c1. The van der Waals surface area contributed by atoms with E-state index in [0.717, 1.165) is 31.1 Å². The molecular weight excluding hydrogens is 284 g/mol. The minimum atomic E-state index is 0.527. The van der Waals surface area contributed by atoms with E-state index in [1.54, 1.807) is 0 Å². The van der Waals surface area contributed by atoms with E-state index in [1.807, 2.05) is 6.07 Å². The van der Waals surface area contributed by atoms with Crippen LogP contribution in [-0.4, -0.2) is 37.0 Å². The zero-order valence-corrected chi connectivity index (χ0v) is 14.9. The van der Waals surface area contributed by atoms with Crippen molar-refractivity contribution in [2.45, 2.75) is 40.0 Å². The second kappa shape index (κ2) is 8.92. The molecule has 0 aliphatic carbocycles. The Labute approximate surface area is 141 Å². The van der Waals surface area contributed by atoms with Gasteiger partial charge >= 0.3 is 0 Å². The molecule has 1 heterocycles. The number of hydrogen-bond donors (Lipinski definition) is 2. The van der Waals surface area contributed by atoms with E-state index in [0.29, 0.717) is 11.9 Å². The number of guanidine groups is 1. The molecule has 0 radical (unpaired) electrons. The molecule has 1 aromatic rings. The maximum atomic E-state index is 6.06. The molecule has 4 nitrogen and oxygen atoms in total.